The first-order chi connectivity index (χ1) is 18.5. The molecule has 3 heterocycles. The largest absolute Gasteiger partial charge is 0.508 e. The highest BCUT2D eigenvalue weighted by atomic mass is 16.7. The van der Waals surface area contributed by atoms with Gasteiger partial charge in [0.15, 0.2) is 18.2 Å². The van der Waals surface area contributed by atoms with E-state index in [0.717, 1.165) is 12.1 Å². The summed E-state index contributed by atoms with van der Waals surface area (Å²) >= 11 is 0. The van der Waals surface area contributed by atoms with E-state index in [-0.39, 0.29) is 33.8 Å². The van der Waals surface area contributed by atoms with E-state index in [4.69, 9.17) is 23.4 Å². The van der Waals surface area contributed by atoms with Gasteiger partial charge < -0.3 is 64.2 Å². The molecule has 8 unspecified atom stereocenters. The van der Waals surface area contributed by atoms with Gasteiger partial charge in [0.25, 0.3) is 0 Å². The van der Waals surface area contributed by atoms with Gasteiger partial charge in [-0.2, -0.15) is 0 Å². The van der Waals surface area contributed by atoms with Crippen LogP contribution in [0.1, 0.15) is 0 Å². The van der Waals surface area contributed by atoms with Crippen molar-refractivity contribution in [1.82, 2.24) is 0 Å². The molecule has 0 amide bonds. The highest BCUT2D eigenvalue weighted by Crippen LogP contribution is 2.37. The Morgan fingerprint density at radius 2 is 1.41 bits per heavy atom. The third kappa shape index (κ3) is 5.11. The van der Waals surface area contributed by atoms with Crippen molar-refractivity contribution in [3.8, 4) is 34.3 Å². The summed E-state index contributed by atoms with van der Waals surface area (Å²) in [7, 11) is 0. The monoisotopic (exact) mass is 550 g/mol. The van der Waals surface area contributed by atoms with Crippen molar-refractivity contribution in [2.24, 2.45) is 0 Å². The molecule has 2 saturated heterocycles. The lowest BCUT2D eigenvalue weighted by atomic mass is 10.0. The van der Waals surface area contributed by atoms with E-state index in [1.165, 1.54) is 24.3 Å². The van der Waals surface area contributed by atoms with Gasteiger partial charge in [-0.05, 0) is 24.3 Å². The third-order valence-corrected chi connectivity index (χ3v) is 6.46. The summed E-state index contributed by atoms with van der Waals surface area (Å²) in [6, 6.07) is 7.47. The maximum atomic E-state index is 13.6. The van der Waals surface area contributed by atoms with Gasteiger partial charge in [0.1, 0.15) is 58.7 Å². The highest BCUT2D eigenvalue weighted by Gasteiger charge is 2.47. The van der Waals surface area contributed by atoms with Crippen LogP contribution in [0, 0.1) is 0 Å². The minimum Gasteiger partial charge on any atom is -0.508 e. The average Bonchev–Trinajstić information content (AvgIpc) is 2.89. The number of benzene rings is 2. The van der Waals surface area contributed by atoms with Gasteiger partial charge in [-0.15, -0.1) is 0 Å². The fraction of sp³-hybridized carbons (Fsp3) is 0.400. The van der Waals surface area contributed by atoms with E-state index in [2.05, 4.69) is 0 Å². The lowest BCUT2D eigenvalue weighted by Crippen LogP contribution is -2.61. The first-order valence-corrected chi connectivity index (χ1v) is 11.8. The minimum atomic E-state index is -1.75. The van der Waals surface area contributed by atoms with Crippen molar-refractivity contribution in [1.29, 1.82) is 0 Å². The molecular formula is C25H26O14. The van der Waals surface area contributed by atoms with E-state index in [9.17, 15) is 45.6 Å². The lowest BCUT2D eigenvalue weighted by Gasteiger charge is -2.42. The number of phenolic OH excluding ortho intramolecular Hbond substituents is 3. The molecule has 210 valence electrons. The van der Waals surface area contributed by atoms with Crippen LogP contribution in [-0.4, -0.2) is 103 Å². The standard InChI is InChI=1S/C25H26O14/c26-10-3-1-9(2-4-10)21-22(19(33)16-12(28)5-11(27)6-15(16)37-21)38-25-23(18(32)14(30)8-36-25)39-24-20(34)17(31)13(29)7-35-24/h1-6,13-14,17-18,20,23-32,34H,7-8H2. The summed E-state index contributed by atoms with van der Waals surface area (Å²) < 4.78 is 28.0. The molecule has 14 nitrogen and oxygen atoms in total. The Morgan fingerprint density at radius 3 is 2.10 bits per heavy atom. The zero-order chi connectivity index (χ0) is 28.0. The fourth-order valence-corrected chi connectivity index (χ4v) is 4.36. The average molecular weight is 550 g/mol. The van der Waals surface area contributed by atoms with Crippen molar-refractivity contribution in [3.63, 3.8) is 0 Å². The normalized spacial score (nSPS) is 31.3. The van der Waals surface area contributed by atoms with Crippen molar-refractivity contribution in [2.75, 3.05) is 13.2 Å². The number of hydrogen-bond acceptors (Lipinski definition) is 14. The molecular weight excluding hydrogens is 524 g/mol. The van der Waals surface area contributed by atoms with E-state index in [1.807, 2.05) is 0 Å². The second-order valence-corrected chi connectivity index (χ2v) is 9.20. The molecule has 0 radical (unpaired) electrons. The molecule has 8 atom stereocenters. The Balaban J connectivity index is 1.57. The number of rotatable bonds is 5. The zero-order valence-electron chi connectivity index (χ0n) is 20.0. The zero-order valence-corrected chi connectivity index (χ0v) is 20.0. The van der Waals surface area contributed by atoms with Crippen LogP contribution in [0.25, 0.3) is 22.3 Å². The smallest absolute Gasteiger partial charge is 0.239 e. The molecule has 39 heavy (non-hydrogen) atoms. The summed E-state index contributed by atoms with van der Waals surface area (Å²) in [6.07, 6.45) is -12.7. The van der Waals surface area contributed by atoms with Crippen LogP contribution in [-0.2, 0) is 14.2 Å². The van der Waals surface area contributed by atoms with Gasteiger partial charge in [0.2, 0.25) is 17.5 Å². The summed E-state index contributed by atoms with van der Waals surface area (Å²) in [4.78, 5) is 13.6. The van der Waals surface area contributed by atoms with Gasteiger partial charge >= 0.3 is 0 Å². The second-order valence-electron chi connectivity index (χ2n) is 9.20. The number of aromatic hydroxyl groups is 3. The van der Waals surface area contributed by atoms with Gasteiger partial charge in [-0.1, -0.05) is 0 Å². The molecule has 0 aliphatic carbocycles. The number of phenols is 3. The molecule has 14 heteroatoms. The molecule has 2 fully saturated rings. The van der Waals surface area contributed by atoms with Crippen LogP contribution >= 0.6 is 0 Å². The van der Waals surface area contributed by atoms with E-state index in [1.54, 1.807) is 0 Å². The Morgan fingerprint density at radius 1 is 0.769 bits per heavy atom. The van der Waals surface area contributed by atoms with Crippen LogP contribution in [0.4, 0.5) is 0 Å². The van der Waals surface area contributed by atoms with Gasteiger partial charge in [0, 0.05) is 17.7 Å². The maximum Gasteiger partial charge on any atom is 0.239 e. The predicted molar refractivity (Wildman–Crippen MR) is 128 cm³/mol. The van der Waals surface area contributed by atoms with Crippen LogP contribution in [0.3, 0.4) is 0 Å². The molecule has 2 aliphatic rings. The second kappa shape index (κ2) is 10.6. The fourth-order valence-electron chi connectivity index (χ4n) is 4.36. The topological polar surface area (TPSA) is 229 Å². The van der Waals surface area contributed by atoms with Gasteiger partial charge in [-0.25, -0.2) is 0 Å². The van der Waals surface area contributed by atoms with Gasteiger partial charge in [0.05, 0.1) is 13.2 Å². The van der Waals surface area contributed by atoms with Crippen LogP contribution in [0.2, 0.25) is 0 Å². The van der Waals surface area contributed by atoms with Crippen LogP contribution in [0.15, 0.2) is 45.6 Å². The Hall–Kier alpha value is -3.47. The number of aliphatic hydroxyl groups is 5. The highest BCUT2D eigenvalue weighted by molar-refractivity contribution is 5.88. The number of fused-ring (bicyclic) bond motifs is 1. The Bertz CT molecular complexity index is 1390. The first-order valence-electron chi connectivity index (χ1n) is 11.8. The number of hydrogen-bond donors (Lipinski definition) is 8. The molecule has 0 bridgehead atoms. The molecule has 0 spiro atoms. The molecule has 2 aromatic carbocycles. The summed E-state index contributed by atoms with van der Waals surface area (Å²) in [5.41, 5.74) is -0.846. The third-order valence-electron chi connectivity index (χ3n) is 6.46. The number of ether oxygens (including phenoxy) is 4. The maximum absolute atomic E-state index is 13.6. The van der Waals surface area contributed by atoms with E-state index < -0.39 is 79.3 Å². The Kier molecular flexibility index (Phi) is 7.37. The van der Waals surface area contributed by atoms with E-state index in [0.29, 0.717) is 0 Å². The van der Waals surface area contributed by atoms with Crippen LogP contribution in [0.5, 0.6) is 23.0 Å². The minimum absolute atomic E-state index is 0.0841. The molecule has 5 rings (SSSR count). The quantitative estimate of drug-likeness (QED) is 0.188. The summed E-state index contributed by atoms with van der Waals surface area (Å²) in [6.45, 7) is -0.861. The van der Waals surface area contributed by atoms with Crippen molar-refractivity contribution in [3.05, 3.63) is 46.6 Å². The predicted octanol–water partition coefficient (Wildman–Crippen LogP) is -1.14. The van der Waals surface area contributed by atoms with Crippen molar-refractivity contribution >= 4 is 11.0 Å². The van der Waals surface area contributed by atoms with Crippen molar-refractivity contribution in [2.45, 2.75) is 49.2 Å². The van der Waals surface area contributed by atoms with Crippen molar-refractivity contribution < 1.29 is 64.2 Å². The SMILES string of the molecule is O=c1c(OC2OCC(O)C(O)C2OC2OCC(O)C(O)C2O)c(-c2ccc(O)cc2)oc2cc(O)cc(O)c12. The lowest BCUT2D eigenvalue weighted by molar-refractivity contribution is -0.332. The van der Waals surface area contributed by atoms with E-state index >= 15 is 0 Å². The number of aliphatic hydroxyl groups excluding tert-OH is 5. The molecule has 0 saturated carbocycles. The van der Waals surface area contributed by atoms with Gasteiger partial charge in [-0.3, -0.25) is 4.79 Å². The summed E-state index contributed by atoms with van der Waals surface area (Å²) in [5, 5.41) is 80.4. The first kappa shape index (κ1) is 27.1. The molecule has 1 aromatic heterocycles. The summed E-state index contributed by atoms with van der Waals surface area (Å²) in [5.74, 6) is -1.79. The van der Waals surface area contributed by atoms with Crippen LogP contribution < -0.4 is 10.2 Å². The molecule has 3 aromatic rings. The Labute approximate surface area is 219 Å². The molecule has 2 aliphatic heterocycles. The molecule has 8 N–H and O–H groups in total.